The summed E-state index contributed by atoms with van der Waals surface area (Å²) in [5.74, 6) is -0.269. The van der Waals surface area contributed by atoms with Crippen LogP contribution in [0.15, 0.2) is 36.5 Å². The molecule has 0 saturated carbocycles. The van der Waals surface area contributed by atoms with Gasteiger partial charge in [0.1, 0.15) is 5.69 Å². The fourth-order valence-electron chi connectivity index (χ4n) is 1.36. The minimum Gasteiger partial charge on any atom is -0.425 e. The molecule has 7 heteroatoms. The summed E-state index contributed by atoms with van der Waals surface area (Å²) >= 11 is 4.71. The molecule has 1 heterocycles. The van der Waals surface area contributed by atoms with Gasteiger partial charge in [0.05, 0.1) is 6.20 Å². The number of aromatic amines is 1. The number of rotatable bonds is 4. The number of H-pyrrole nitrogens is 1. The lowest BCUT2D eigenvalue weighted by atomic mass is 10.1. The predicted octanol–water partition coefficient (Wildman–Crippen LogP) is 3.58. The molecular weight excluding hydrogens is 269 g/mol. The van der Waals surface area contributed by atoms with Crippen LogP contribution in [-0.4, -0.2) is 21.9 Å². The minimum atomic E-state index is -4.12. The van der Waals surface area contributed by atoms with Gasteiger partial charge in [-0.1, -0.05) is 41.9 Å². The lowest BCUT2D eigenvalue weighted by Crippen LogP contribution is -2.32. The topological polar surface area (TPSA) is 37.9 Å². The highest BCUT2D eigenvalue weighted by Gasteiger charge is 2.42. The molecule has 1 aromatic carbocycles. The number of ether oxygens (including phenoxy) is 1. The summed E-state index contributed by atoms with van der Waals surface area (Å²) in [5.41, 5.74) is -2.12. The fraction of sp³-hybridized carbons (Fsp3) is 0.182. The van der Waals surface area contributed by atoms with Gasteiger partial charge in [-0.15, -0.1) is 0 Å². The van der Waals surface area contributed by atoms with Gasteiger partial charge in [0.2, 0.25) is 0 Å². The van der Waals surface area contributed by atoms with E-state index in [1.165, 1.54) is 0 Å². The Bertz CT molecular complexity index is 516. The van der Waals surface area contributed by atoms with Crippen LogP contribution >= 0.6 is 11.6 Å². The van der Waals surface area contributed by atoms with E-state index in [0.717, 1.165) is 6.20 Å². The molecule has 0 aliphatic carbocycles. The van der Waals surface area contributed by atoms with Crippen LogP contribution in [0, 0.1) is 0 Å². The quantitative estimate of drug-likeness (QED) is 0.867. The van der Waals surface area contributed by atoms with E-state index >= 15 is 0 Å². The van der Waals surface area contributed by atoms with E-state index in [9.17, 15) is 13.2 Å². The Morgan fingerprint density at radius 1 is 1.28 bits per heavy atom. The van der Waals surface area contributed by atoms with Gasteiger partial charge in [0.25, 0.3) is 5.63 Å². The largest absolute Gasteiger partial charge is 0.444 e. The monoisotopic (exact) mass is 276 g/mol. The van der Waals surface area contributed by atoms with E-state index in [2.05, 4.69) is 14.9 Å². The van der Waals surface area contributed by atoms with Crippen molar-refractivity contribution < 1.29 is 17.9 Å². The predicted molar refractivity (Wildman–Crippen MR) is 60.3 cm³/mol. The smallest absolute Gasteiger partial charge is 0.425 e. The molecule has 1 aromatic heterocycles. The van der Waals surface area contributed by atoms with Crippen molar-refractivity contribution in [1.82, 2.24) is 10.2 Å². The molecule has 0 aliphatic rings. The number of nitrogens with one attached hydrogen (secondary N) is 1. The van der Waals surface area contributed by atoms with Crippen molar-refractivity contribution in [2.75, 3.05) is 0 Å². The van der Waals surface area contributed by atoms with Gasteiger partial charge in [-0.05, 0) is 0 Å². The zero-order valence-electron chi connectivity index (χ0n) is 8.91. The molecule has 2 rings (SSSR count). The molecule has 1 atom stereocenters. The molecule has 0 aliphatic heterocycles. The SMILES string of the molecule is FC(Cl)C(F)(F)Oc1cn[nH]c1-c1ccccc1. The second kappa shape index (κ2) is 4.89. The van der Waals surface area contributed by atoms with Crippen molar-refractivity contribution in [2.45, 2.75) is 11.7 Å². The Hall–Kier alpha value is -1.69. The molecule has 3 nitrogen and oxygen atoms in total. The molecule has 0 bridgehead atoms. The average Bonchev–Trinajstić information content (AvgIpc) is 2.77. The van der Waals surface area contributed by atoms with Crippen molar-refractivity contribution in [1.29, 1.82) is 0 Å². The highest BCUT2D eigenvalue weighted by molar-refractivity contribution is 6.20. The highest BCUT2D eigenvalue weighted by atomic mass is 35.5. The standard InChI is InChI=1S/C11H8ClF3N2O/c12-10(13)11(14,15)18-8-6-16-17-9(8)7-4-2-1-3-5-7/h1-6,10H,(H,16,17). The normalized spacial score (nSPS) is 13.3. The Morgan fingerprint density at radius 3 is 2.56 bits per heavy atom. The summed E-state index contributed by atoms with van der Waals surface area (Å²) in [6.45, 7) is 0. The first kappa shape index (κ1) is 12.8. The number of halogens is 4. The maximum Gasteiger partial charge on any atom is 0.444 e. The number of hydrogen-bond donors (Lipinski definition) is 1. The van der Waals surface area contributed by atoms with E-state index in [4.69, 9.17) is 11.6 Å². The molecule has 96 valence electrons. The first-order valence-electron chi connectivity index (χ1n) is 4.94. The summed E-state index contributed by atoms with van der Waals surface area (Å²) in [6, 6.07) is 8.55. The van der Waals surface area contributed by atoms with Crippen LogP contribution in [0.4, 0.5) is 13.2 Å². The maximum atomic E-state index is 13.0. The van der Waals surface area contributed by atoms with Crippen LogP contribution in [0.5, 0.6) is 5.75 Å². The Morgan fingerprint density at radius 2 is 1.94 bits per heavy atom. The number of alkyl halides is 4. The van der Waals surface area contributed by atoms with Crippen molar-refractivity contribution in [3.05, 3.63) is 36.5 Å². The lowest BCUT2D eigenvalue weighted by Gasteiger charge is -2.17. The van der Waals surface area contributed by atoms with Crippen molar-refractivity contribution in [3.8, 4) is 17.0 Å². The fourth-order valence-corrected chi connectivity index (χ4v) is 1.40. The van der Waals surface area contributed by atoms with E-state index in [1.54, 1.807) is 30.3 Å². The summed E-state index contributed by atoms with van der Waals surface area (Å²) in [4.78, 5) is 0. The second-order valence-corrected chi connectivity index (χ2v) is 3.82. The molecule has 2 aromatic rings. The van der Waals surface area contributed by atoms with Gasteiger partial charge >= 0.3 is 6.11 Å². The van der Waals surface area contributed by atoms with E-state index in [-0.39, 0.29) is 11.4 Å². The van der Waals surface area contributed by atoms with E-state index in [1.807, 2.05) is 0 Å². The van der Waals surface area contributed by atoms with Gasteiger partial charge in [-0.3, -0.25) is 5.10 Å². The van der Waals surface area contributed by atoms with Crippen LogP contribution in [0.2, 0.25) is 0 Å². The van der Waals surface area contributed by atoms with Gasteiger partial charge in [0.15, 0.2) is 5.75 Å². The molecule has 0 amide bonds. The van der Waals surface area contributed by atoms with Gasteiger partial charge < -0.3 is 4.74 Å². The van der Waals surface area contributed by atoms with Crippen LogP contribution < -0.4 is 4.74 Å². The first-order valence-corrected chi connectivity index (χ1v) is 5.38. The summed E-state index contributed by atoms with van der Waals surface area (Å²) in [7, 11) is 0. The Kier molecular flexibility index (Phi) is 3.47. The third-order valence-corrected chi connectivity index (χ3v) is 2.42. The van der Waals surface area contributed by atoms with Crippen LogP contribution in [0.3, 0.4) is 0 Å². The Balaban J connectivity index is 2.30. The molecule has 0 radical (unpaired) electrons. The van der Waals surface area contributed by atoms with Crippen molar-refractivity contribution >= 4 is 11.6 Å². The number of hydrogen-bond acceptors (Lipinski definition) is 2. The van der Waals surface area contributed by atoms with Crippen LogP contribution in [0.25, 0.3) is 11.3 Å². The summed E-state index contributed by atoms with van der Waals surface area (Å²) < 4.78 is 42.8. The molecule has 1 N–H and O–H groups in total. The van der Waals surface area contributed by atoms with E-state index < -0.39 is 11.7 Å². The average molecular weight is 277 g/mol. The third kappa shape index (κ3) is 2.59. The number of aromatic nitrogens is 2. The van der Waals surface area contributed by atoms with Crippen LogP contribution in [-0.2, 0) is 0 Å². The van der Waals surface area contributed by atoms with Crippen molar-refractivity contribution in [2.24, 2.45) is 0 Å². The first-order chi connectivity index (χ1) is 8.50. The third-order valence-electron chi connectivity index (χ3n) is 2.17. The Labute approximate surface area is 106 Å². The van der Waals surface area contributed by atoms with E-state index in [0.29, 0.717) is 5.56 Å². The molecule has 0 spiro atoms. The van der Waals surface area contributed by atoms with Gasteiger partial charge in [-0.2, -0.15) is 13.9 Å². The van der Waals surface area contributed by atoms with Gasteiger partial charge in [0, 0.05) is 5.56 Å². The molecular formula is C11H8ClF3N2O. The summed E-state index contributed by atoms with van der Waals surface area (Å²) in [5, 5.41) is 6.10. The zero-order valence-corrected chi connectivity index (χ0v) is 9.66. The number of nitrogens with zero attached hydrogens (tertiary/aromatic N) is 1. The maximum absolute atomic E-state index is 13.0. The van der Waals surface area contributed by atoms with Crippen molar-refractivity contribution in [3.63, 3.8) is 0 Å². The lowest BCUT2D eigenvalue weighted by molar-refractivity contribution is -0.198. The number of benzene rings is 1. The second-order valence-electron chi connectivity index (χ2n) is 3.44. The molecule has 0 fully saturated rings. The molecule has 1 unspecified atom stereocenters. The summed E-state index contributed by atoms with van der Waals surface area (Å²) in [6.07, 6.45) is -3.08. The molecule has 18 heavy (non-hydrogen) atoms. The zero-order chi connectivity index (χ0) is 13.2. The minimum absolute atomic E-state index is 0.229. The highest BCUT2D eigenvalue weighted by Crippen LogP contribution is 2.34. The van der Waals surface area contributed by atoms with Gasteiger partial charge in [-0.25, -0.2) is 4.39 Å². The van der Waals surface area contributed by atoms with Crippen LogP contribution in [0.1, 0.15) is 0 Å². The molecule has 0 saturated heterocycles.